The Morgan fingerprint density at radius 1 is 1.27 bits per heavy atom. The van der Waals surface area contributed by atoms with Gasteiger partial charge in [-0.15, -0.1) is 0 Å². The second-order valence-corrected chi connectivity index (χ2v) is 6.26. The van der Waals surface area contributed by atoms with E-state index >= 15 is 0 Å². The van der Waals surface area contributed by atoms with Gasteiger partial charge in [-0.1, -0.05) is 23.7 Å². The normalized spacial score (nSPS) is 14.2. The molecular formula is C15H14BrClN4O. The predicted molar refractivity (Wildman–Crippen MR) is 90.6 cm³/mol. The monoisotopic (exact) mass is 380 g/mol. The number of benzene rings is 1. The van der Waals surface area contributed by atoms with Crippen molar-refractivity contribution in [2.45, 2.75) is 12.8 Å². The first kappa shape index (κ1) is 15.2. The molecule has 7 heteroatoms. The minimum Gasteiger partial charge on any atom is -0.341 e. The average molecular weight is 382 g/mol. The number of carbonyl (C=O) groups excluding carboxylic acids is 1. The third-order valence-corrected chi connectivity index (χ3v) is 4.43. The lowest BCUT2D eigenvalue weighted by Crippen LogP contribution is -2.23. The van der Waals surface area contributed by atoms with Crippen LogP contribution in [0.25, 0.3) is 0 Å². The Hall–Kier alpha value is -1.66. The topological polar surface area (TPSA) is 58.1 Å². The molecule has 0 atom stereocenters. The van der Waals surface area contributed by atoms with Gasteiger partial charge in [-0.3, -0.25) is 4.79 Å². The van der Waals surface area contributed by atoms with E-state index in [1.54, 1.807) is 6.07 Å². The zero-order valence-electron chi connectivity index (χ0n) is 11.7. The lowest BCUT2D eigenvalue weighted by atomic mass is 10.3. The number of nitrogens with zero attached hydrogens (tertiary/aromatic N) is 3. The van der Waals surface area contributed by atoms with Crippen molar-refractivity contribution in [2.24, 2.45) is 0 Å². The van der Waals surface area contributed by atoms with Crippen molar-refractivity contribution in [3.05, 3.63) is 45.7 Å². The summed E-state index contributed by atoms with van der Waals surface area (Å²) in [6.07, 6.45) is 3.71. The van der Waals surface area contributed by atoms with Crippen molar-refractivity contribution in [2.75, 3.05) is 23.3 Å². The van der Waals surface area contributed by atoms with Gasteiger partial charge in [-0.2, -0.15) is 0 Å². The summed E-state index contributed by atoms with van der Waals surface area (Å²) in [4.78, 5) is 23.0. The van der Waals surface area contributed by atoms with Crippen LogP contribution in [0.3, 0.4) is 0 Å². The van der Waals surface area contributed by atoms with Crippen molar-refractivity contribution in [1.29, 1.82) is 0 Å². The van der Waals surface area contributed by atoms with Gasteiger partial charge >= 0.3 is 0 Å². The molecule has 1 fully saturated rings. The van der Waals surface area contributed by atoms with Gasteiger partial charge in [0.15, 0.2) is 5.69 Å². The molecule has 0 spiro atoms. The van der Waals surface area contributed by atoms with Crippen LogP contribution in [0.1, 0.15) is 23.3 Å². The predicted octanol–water partition coefficient (Wildman–Crippen LogP) is 3.75. The second-order valence-electron chi connectivity index (χ2n) is 4.99. The standard InChI is InChI=1S/C15H14BrClN4O/c16-10-5-1-2-6-12(10)19-14(22)13-11(17)9-18-15(20-13)21-7-3-4-8-21/h1-2,5-6,9H,3-4,7-8H2,(H,19,22). The fourth-order valence-electron chi connectivity index (χ4n) is 2.33. The lowest BCUT2D eigenvalue weighted by Gasteiger charge is -2.16. The molecule has 114 valence electrons. The number of amides is 1. The fraction of sp³-hybridized carbons (Fsp3) is 0.267. The molecule has 1 aromatic carbocycles. The van der Waals surface area contributed by atoms with Crippen molar-refractivity contribution in [3.8, 4) is 0 Å². The van der Waals surface area contributed by atoms with Crippen LogP contribution < -0.4 is 10.2 Å². The summed E-state index contributed by atoms with van der Waals surface area (Å²) in [5.41, 5.74) is 0.860. The molecule has 0 saturated carbocycles. The maximum absolute atomic E-state index is 12.4. The number of hydrogen-bond donors (Lipinski definition) is 1. The Morgan fingerprint density at radius 2 is 2.00 bits per heavy atom. The van der Waals surface area contributed by atoms with Crippen molar-refractivity contribution < 1.29 is 4.79 Å². The van der Waals surface area contributed by atoms with Gasteiger partial charge in [0, 0.05) is 17.6 Å². The van der Waals surface area contributed by atoms with Crippen LogP contribution in [0.15, 0.2) is 34.9 Å². The molecule has 1 aromatic heterocycles. The van der Waals surface area contributed by atoms with Gasteiger partial charge in [0.2, 0.25) is 5.95 Å². The number of anilines is 2. The Bertz CT molecular complexity index is 704. The molecule has 22 heavy (non-hydrogen) atoms. The number of rotatable bonds is 3. The third-order valence-electron chi connectivity index (χ3n) is 3.46. The van der Waals surface area contributed by atoms with Crippen LogP contribution in [0.2, 0.25) is 5.02 Å². The van der Waals surface area contributed by atoms with E-state index in [0.29, 0.717) is 11.6 Å². The van der Waals surface area contributed by atoms with E-state index in [0.717, 1.165) is 30.4 Å². The van der Waals surface area contributed by atoms with Crippen LogP contribution in [0, 0.1) is 0 Å². The van der Waals surface area contributed by atoms with Crippen molar-refractivity contribution in [3.63, 3.8) is 0 Å². The van der Waals surface area contributed by atoms with Gasteiger partial charge < -0.3 is 10.2 Å². The fourth-order valence-corrected chi connectivity index (χ4v) is 2.89. The number of carbonyl (C=O) groups is 1. The van der Waals surface area contributed by atoms with E-state index < -0.39 is 0 Å². The Morgan fingerprint density at radius 3 is 2.73 bits per heavy atom. The molecule has 3 rings (SSSR count). The van der Waals surface area contributed by atoms with Gasteiger partial charge in [-0.05, 0) is 40.9 Å². The maximum atomic E-state index is 12.4. The van der Waals surface area contributed by atoms with E-state index in [1.807, 2.05) is 18.2 Å². The number of nitrogens with one attached hydrogen (secondary N) is 1. The smallest absolute Gasteiger partial charge is 0.276 e. The van der Waals surface area contributed by atoms with Gasteiger partial charge in [0.25, 0.3) is 5.91 Å². The van der Waals surface area contributed by atoms with Crippen molar-refractivity contribution in [1.82, 2.24) is 9.97 Å². The number of halogens is 2. The van der Waals surface area contributed by atoms with E-state index in [9.17, 15) is 4.79 Å². The summed E-state index contributed by atoms with van der Waals surface area (Å²) >= 11 is 9.48. The molecule has 1 aliphatic heterocycles. The molecule has 0 unspecified atom stereocenters. The first-order valence-electron chi connectivity index (χ1n) is 6.98. The van der Waals surface area contributed by atoms with E-state index in [-0.39, 0.29) is 16.6 Å². The lowest BCUT2D eigenvalue weighted by molar-refractivity contribution is 0.102. The summed E-state index contributed by atoms with van der Waals surface area (Å²) in [5, 5.41) is 3.05. The van der Waals surface area contributed by atoms with Gasteiger partial charge in [0.1, 0.15) is 0 Å². The molecule has 2 aromatic rings. The zero-order valence-corrected chi connectivity index (χ0v) is 14.1. The highest BCUT2D eigenvalue weighted by Gasteiger charge is 2.20. The molecule has 0 bridgehead atoms. The molecule has 1 saturated heterocycles. The highest BCUT2D eigenvalue weighted by molar-refractivity contribution is 9.10. The largest absolute Gasteiger partial charge is 0.341 e. The Kier molecular flexibility index (Phi) is 4.59. The zero-order chi connectivity index (χ0) is 15.5. The molecule has 2 heterocycles. The summed E-state index contributed by atoms with van der Waals surface area (Å²) < 4.78 is 0.799. The number of aromatic nitrogens is 2. The van der Waals surface area contributed by atoms with Crippen molar-refractivity contribution >= 4 is 45.1 Å². The SMILES string of the molecule is O=C(Nc1ccccc1Br)c1nc(N2CCCC2)ncc1Cl. The quantitative estimate of drug-likeness (QED) is 0.880. The summed E-state index contributed by atoms with van der Waals surface area (Å²) in [6, 6.07) is 7.38. The summed E-state index contributed by atoms with van der Waals surface area (Å²) in [6.45, 7) is 1.82. The van der Waals surface area contributed by atoms with E-state index in [4.69, 9.17) is 11.6 Å². The third kappa shape index (κ3) is 3.23. The highest BCUT2D eigenvalue weighted by Crippen LogP contribution is 2.24. The van der Waals surface area contributed by atoms with Crippen LogP contribution in [0.5, 0.6) is 0 Å². The van der Waals surface area contributed by atoms with Gasteiger partial charge in [-0.25, -0.2) is 9.97 Å². The summed E-state index contributed by atoms with van der Waals surface area (Å²) in [7, 11) is 0. The van der Waals surface area contributed by atoms with Crippen LogP contribution >= 0.6 is 27.5 Å². The molecular weight excluding hydrogens is 368 g/mol. The molecule has 5 nitrogen and oxygen atoms in total. The average Bonchev–Trinajstić information content (AvgIpc) is 3.04. The van der Waals surface area contributed by atoms with Crippen LogP contribution in [0.4, 0.5) is 11.6 Å². The molecule has 1 N–H and O–H groups in total. The number of para-hydroxylation sites is 1. The second kappa shape index (κ2) is 6.62. The van der Waals surface area contributed by atoms with Gasteiger partial charge in [0.05, 0.1) is 16.9 Å². The first-order chi connectivity index (χ1) is 10.6. The first-order valence-corrected chi connectivity index (χ1v) is 8.15. The Balaban J connectivity index is 1.85. The number of hydrogen-bond acceptors (Lipinski definition) is 4. The molecule has 0 radical (unpaired) electrons. The summed E-state index contributed by atoms with van der Waals surface area (Å²) in [5.74, 6) is 0.207. The van der Waals surface area contributed by atoms with Crippen LogP contribution in [-0.2, 0) is 0 Å². The maximum Gasteiger partial charge on any atom is 0.276 e. The molecule has 0 aliphatic carbocycles. The highest BCUT2D eigenvalue weighted by atomic mass is 79.9. The minimum atomic E-state index is -0.347. The van der Waals surface area contributed by atoms with E-state index in [2.05, 4.69) is 36.1 Å². The van der Waals surface area contributed by atoms with E-state index in [1.165, 1.54) is 6.20 Å². The molecule has 1 aliphatic rings. The minimum absolute atomic E-state index is 0.189. The Labute approximate surface area is 141 Å². The van der Waals surface area contributed by atoms with Crippen LogP contribution in [-0.4, -0.2) is 29.0 Å². The molecule has 1 amide bonds.